The van der Waals surface area contributed by atoms with Crippen molar-refractivity contribution >= 4 is 23.4 Å². The molecule has 194 valence electrons. The third kappa shape index (κ3) is 7.27. The third-order valence-corrected chi connectivity index (χ3v) is 6.18. The van der Waals surface area contributed by atoms with Gasteiger partial charge in [-0.15, -0.1) is 0 Å². The van der Waals surface area contributed by atoms with Crippen molar-refractivity contribution < 1.29 is 19.6 Å². The Kier molecular flexibility index (Phi) is 8.85. The molecule has 0 radical (unpaired) electrons. The smallest absolute Gasteiger partial charge is 0.267 e. The number of nitrogens with one attached hydrogen (secondary N) is 4. The Hall–Kier alpha value is -4.49. The van der Waals surface area contributed by atoms with Gasteiger partial charge in [0.2, 0.25) is 5.91 Å². The van der Waals surface area contributed by atoms with Crippen molar-refractivity contribution in [2.24, 2.45) is 5.73 Å². The van der Waals surface area contributed by atoms with E-state index in [2.05, 4.69) is 39.9 Å². The summed E-state index contributed by atoms with van der Waals surface area (Å²) in [5, 5.41) is 17.4. The van der Waals surface area contributed by atoms with Crippen molar-refractivity contribution in [1.29, 1.82) is 0 Å². The van der Waals surface area contributed by atoms with Gasteiger partial charge in [0.25, 0.3) is 11.8 Å². The first kappa shape index (κ1) is 26.6. The second-order valence-corrected chi connectivity index (χ2v) is 8.93. The summed E-state index contributed by atoms with van der Waals surface area (Å²) in [7, 11) is 0. The standard InChI is InChI=1S/C29H29N5O4/c30-17-26(29(37)34-38)33-28(36)22-12-8-19(9-13-22)6-7-20-10-14-23(15-11-20)32-27(35)18-31-25-16-24(25)21-4-2-1-3-5-21/h1-5,8-15,24-26,31,38H,16-18,30H2,(H,32,35)(H,33,36)(H,34,37)/t24-,25+,26+/m1/s1. The molecule has 0 unspecified atom stereocenters. The van der Waals surface area contributed by atoms with Crippen molar-refractivity contribution in [1.82, 2.24) is 16.1 Å². The predicted octanol–water partition coefficient (Wildman–Crippen LogP) is 1.73. The highest BCUT2D eigenvalue weighted by molar-refractivity contribution is 5.97. The summed E-state index contributed by atoms with van der Waals surface area (Å²) in [6.45, 7) is 0.0990. The van der Waals surface area contributed by atoms with Gasteiger partial charge in [-0.05, 0) is 60.5 Å². The van der Waals surface area contributed by atoms with E-state index >= 15 is 0 Å². The Morgan fingerprint density at radius 1 is 0.921 bits per heavy atom. The van der Waals surface area contributed by atoms with E-state index in [4.69, 9.17) is 10.9 Å². The third-order valence-electron chi connectivity index (χ3n) is 6.18. The molecule has 1 aliphatic carbocycles. The number of anilines is 1. The van der Waals surface area contributed by atoms with Crippen LogP contribution in [0.3, 0.4) is 0 Å². The fourth-order valence-electron chi connectivity index (χ4n) is 3.96. The summed E-state index contributed by atoms with van der Waals surface area (Å²) >= 11 is 0. The number of hydrogen-bond donors (Lipinski definition) is 6. The second kappa shape index (κ2) is 12.7. The minimum Gasteiger partial charge on any atom is -0.339 e. The Labute approximate surface area is 220 Å². The molecule has 3 aromatic carbocycles. The van der Waals surface area contributed by atoms with Crippen molar-refractivity contribution in [2.75, 3.05) is 18.4 Å². The lowest BCUT2D eigenvalue weighted by molar-refractivity contribution is -0.130. The van der Waals surface area contributed by atoms with Gasteiger partial charge >= 0.3 is 0 Å². The highest BCUT2D eigenvalue weighted by Gasteiger charge is 2.37. The molecule has 3 atom stereocenters. The van der Waals surface area contributed by atoms with Crippen LogP contribution in [0.4, 0.5) is 5.69 Å². The van der Waals surface area contributed by atoms with Crippen LogP contribution >= 0.6 is 0 Å². The lowest BCUT2D eigenvalue weighted by Gasteiger charge is -2.14. The van der Waals surface area contributed by atoms with Gasteiger partial charge in [-0.1, -0.05) is 42.2 Å². The summed E-state index contributed by atoms with van der Waals surface area (Å²) in [4.78, 5) is 36.1. The van der Waals surface area contributed by atoms with Gasteiger partial charge in [-0.2, -0.15) is 0 Å². The maximum Gasteiger partial charge on any atom is 0.267 e. The van der Waals surface area contributed by atoms with Crippen molar-refractivity contribution in [3.05, 3.63) is 101 Å². The number of hydrogen-bond acceptors (Lipinski definition) is 6. The first-order chi connectivity index (χ1) is 18.5. The molecule has 0 saturated heterocycles. The van der Waals surface area contributed by atoms with E-state index in [1.165, 1.54) is 11.0 Å². The molecular weight excluding hydrogens is 482 g/mol. The Morgan fingerprint density at radius 2 is 1.55 bits per heavy atom. The van der Waals surface area contributed by atoms with Crippen LogP contribution in [0.2, 0.25) is 0 Å². The van der Waals surface area contributed by atoms with Crippen LogP contribution in [0.1, 0.15) is 39.4 Å². The average Bonchev–Trinajstić information content (AvgIpc) is 3.74. The number of rotatable bonds is 9. The second-order valence-electron chi connectivity index (χ2n) is 8.93. The molecule has 0 aromatic heterocycles. The van der Waals surface area contributed by atoms with Crippen LogP contribution in [-0.4, -0.2) is 48.1 Å². The number of carbonyl (C=O) groups is 3. The van der Waals surface area contributed by atoms with Gasteiger partial charge < -0.3 is 21.7 Å². The molecule has 4 rings (SSSR count). The summed E-state index contributed by atoms with van der Waals surface area (Å²) in [5.74, 6) is 5.17. The maximum atomic E-state index is 12.3. The van der Waals surface area contributed by atoms with E-state index < -0.39 is 17.9 Å². The first-order valence-corrected chi connectivity index (χ1v) is 12.2. The summed E-state index contributed by atoms with van der Waals surface area (Å²) in [6, 6.07) is 23.4. The van der Waals surface area contributed by atoms with Gasteiger partial charge in [0.1, 0.15) is 6.04 Å². The van der Waals surface area contributed by atoms with Crippen LogP contribution in [0.15, 0.2) is 78.9 Å². The van der Waals surface area contributed by atoms with Crippen LogP contribution in [0, 0.1) is 11.8 Å². The molecule has 0 aliphatic heterocycles. The van der Waals surface area contributed by atoms with Crippen LogP contribution < -0.4 is 27.2 Å². The van der Waals surface area contributed by atoms with Crippen LogP contribution in [0.5, 0.6) is 0 Å². The predicted molar refractivity (Wildman–Crippen MR) is 143 cm³/mol. The number of benzene rings is 3. The van der Waals surface area contributed by atoms with Gasteiger partial charge in [-0.25, -0.2) is 5.48 Å². The van der Waals surface area contributed by atoms with Crippen LogP contribution in [-0.2, 0) is 9.59 Å². The fraction of sp³-hybridized carbons (Fsp3) is 0.207. The molecular formula is C29H29N5O4. The van der Waals surface area contributed by atoms with E-state index in [9.17, 15) is 14.4 Å². The van der Waals surface area contributed by atoms with Gasteiger partial charge in [0, 0.05) is 40.9 Å². The van der Waals surface area contributed by atoms with E-state index in [0.717, 1.165) is 12.0 Å². The zero-order chi connectivity index (χ0) is 26.9. The molecule has 3 amide bonds. The lowest BCUT2D eigenvalue weighted by atomic mass is 10.1. The minimum atomic E-state index is -1.04. The molecule has 9 heteroatoms. The SMILES string of the molecule is NC[C@H](NC(=O)c1ccc(C#Cc2ccc(NC(=O)CN[C@H]3C[C@@H]3c3ccccc3)cc2)cc1)C(=O)NO. The molecule has 38 heavy (non-hydrogen) atoms. The molecule has 1 aliphatic rings. The Morgan fingerprint density at radius 3 is 2.16 bits per heavy atom. The largest absolute Gasteiger partial charge is 0.339 e. The fourth-order valence-corrected chi connectivity index (χ4v) is 3.96. The normalized spacial score (nSPS) is 16.4. The zero-order valence-corrected chi connectivity index (χ0v) is 20.6. The summed E-state index contributed by atoms with van der Waals surface area (Å²) in [5.41, 5.74) is 10.7. The first-order valence-electron chi connectivity index (χ1n) is 12.2. The van der Waals surface area contributed by atoms with Crippen LogP contribution in [0.25, 0.3) is 0 Å². The monoisotopic (exact) mass is 511 g/mol. The topological polar surface area (TPSA) is 146 Å². The number of hydroxylamine groups is 1. The van der Waals surface area contributed by atoms with Gasteiger partial charge in [0.05, 0.1) is 6.54 Å². The quantitative estimate of drug-likeness (QED) is 0.147. The summed E-state index contributed by atoms with van der Waals surface area (Å²) in [6.07, 6.45) is 1.04. The Balaban J connectivity index is 1.24. The van der Waals surface area contributed by atoms with E-state index in [1.807, 2.05) is 30.3 Å². The number of nitrogens with two attached hydrogens (primary N) is 1. The summed E-state index contributed by atoms with van der Waals surface area (Å²) < 4.78 is 0. The van der Waals surface area contributed by atoms with Crippen molar-refractivity contribution in [3.63, 3.8) is 0 Å². The highest BCUT2D eigenvalue weighted by atomic mass is 16.5. The molecule has 1 fully saturated rings. The van der Waals surface area contributed by atoms with Crippen molar-refractivity contribution in [2.45, 2.75) is 24.4 Å². The number of carbonyl (C=O) groups excluding carboxylic acids is 3. The number of amides is 3. The van der Waals surface area contributed by atoms with Gasteiger partial charge in [-0.3, -0.25) is 19.6 Å². The lowest BCUT2D eigenvalue weighted by Crippen LogP contribution is -2.50. The van der Waals surface area contributed by atoms with E-state index in [1.54, 1.807) is 36.4 Å². The zero-order valence-electron chi connectivity index (χ0n) is 20.6. The molecule has 3 aromatic rings. The Bertz CT molecular complexity index is 1330. The van der Waals surface area contributed by atoms with Gasteiger partial charge in [0.15, 0.2) is 0 Å². The molecule has 7 N–H and O–H groups in total. The molecule has 1 saturated carbocycles. The molecule has 0 heterocycles. The maximum absolute atomic E-state index is 12.3. The van der Waals surface area contributed by atoms with Crippen molar-refractivity contribution in [3.8, 4) is 11.8 Å². The minimum absolute atomic E-state index is 0.0959. The molecule has 0 bridgehead atoms. The molecule has 0 spiro atoms. The molecule has 9 nitrogen and oxygen atoms in total. The van der Waals surface area contributed by atoms with E-state index in [-0.39, 0.29) is 19.0 Å². The highest BCUT2D eigenvalue weighted by Crippen LogP contribution is 2.40. The van der Waals surface area contributed by atoms with E-state index in [0.29, 0.717) is 28.8 Å². The average molecular weight is 512 g/mol.